The number of rotatable bonds is 5. The number of nitrogens with zero attached hydrogens (tertiary/aromatic N) is 2. The van der Waals surface area contributed by atoms with Crippen LogP contribution in [0.15, 0.2) is 18.2 Å². The summed E-state index contributed by atoms with van der Waals surface area (Å²) in [7, 11) is 0. The van der Waals surface area contributed by atoms with Gasteiger partial charge in [-0.1, -0.05) is 0 Å². The molecule has 2 aliphatic heterocycles. The van der Waals surface area contributed by atoms with E-state index in [9.17, 15) is 9.18 Å². The number of ether oxygens (including phenoxy) is 2. The van der Waals surface area contributed by atoms with Gasteiger partial charge in [0.1, 0.15) is 6.61 Å². The predicted octanol–water partition coefficient (Wildman–Crippen LogP) is 1.83. The molecule has 1 aromatic carbocycles. The standard InChI is InChI=1S/C15H19FIN3O3/c16-12-9-11(20-10-14(17)23-15(20)21)1-2-13(12)22-8-7-19-5-3-18-4-6-19/h1-2,9,14,18H,3-8,10H2/t14-/m1/s1. The van der Waals surface area contributed by atoms with Gasteiger partial charge in [0, 0.05) is 38.8 Å². The van der Waals surface area contributed by atoms with Crippen LogP contribution < -0.4 is 15.0 Å². The lowest BCUT2D eigenvalue weighted by molar-refractivity contribution is 0.176. The number of cyclic esters (lactones) is 1. The van der Waals surface area contributed by atoms with Gasteiger partial charge >= 0.3 is 6.09 Å². The molecule has 2 aliphatic rings. The van der Waals surface area contributed by atoms with Crippen molar-refractivity contribution in [2.75, 3.05) is 50.8 Å². The fourth-order valence-electron chi connectivity index (χ4n) is 2.63. The second-order valence-corrected chi connectivity index (χ2v) is 6.85. The Kier molecular flexibility index (Phi) is 5.54. The third kappa shape index (κ3) is 4.24. The monoisotopic (exact) mass is 435 g/mol. The molecule has 23 heavy (non-hydrogen) atoms. The number of amides is 1. The van der Waals surface area contributed by atoms with Gasteiger partial charge in [-0.3, -0.25) is 9.80 Å². The lowest BCUT2D eigenvalue weighted by atomic mass is 10.2. The highest BCUT2D eigenvalue weighted by Gasteiger charge is 2.30. The number of nitrogens with one attached hydrogen (secondary N) is 1. The van der Waals surface area contributed by atoms with Crippen molar-refractivity contribution in [1.82, 2.24) is 10.2 Å². The highest BCUT2D eigenvalue weighted by Crippen LogP contribution is 2.28. The molecule has 1 aromatic rings. The van der Waals surface area contributed by atoms with Crippen molar-refractivity contribution < 1.29 is 18.7 Å². The van der Waals surface area contributed by atoms with Crippen LogP contribution in [0.25, 0.3) is 0 Å². The highest BCUT2D eigenvalue weighted by molar-refractivity contribution is 14.1. The van der Waals surface area contributed by atoms with E-state index in [1.54, 1.807) is 12.1 Å². The summed E-state index contributed by atoms with van der Waals surface area (Å²) in [5, 5.41) is 3.29. The van der Waals surface area contributed by atoms with Gasteiger partial charge in [-0.25, -0.2) is 9.18 Å². The predicted molar refractivity (Wildman–Crippen MR) is 92.8 cm³/mol. The Labute approximate surface area is 148 Å². The average molecular weight is 435 g/mol. The van der Waals surface area contributed by atoms with E-state index in [2.05, 4.69) is 10.2 Å². The normalized spacial score (nSPS) is 22.3. The van der Waals surface area contributed by atoms with E-state index in [0.29, 0.717) is 18.8 Å². The van der Waals surface area contributed by atoms with Crippen LogP contribution >= 0.6 is 22.6 Å². The first-order valence-corrected chi connectivity index (χ1v) is 8.86. The van der Waals surface area contributed by atoms with Crippen molar-refractivity contribution in [3.05, 3.63) is 24.0 Å². The first-order chi connectivity index (χ1) is 11.1. The second kappa shape index (κ2) is 7.63. The molecule has 0 radical (unpaired) electrons. The van der Waals surface area contributed by atoms with Crippen LogP contribution in [0.1, 0.15) is 0 Å². The topological polar surface area (TPSA) is 54.0 Å². The smallest absolute Gasteiger partial charge is 0.415 e. The second-order valence-electron chi connectivity index (χ2n) is 5.46. The fraction of sp³-hybridized carbons (Fsp3) is 0.533. The molecule has 0 unspecified atom stereocenters. The van der Waals surface area contributed by atoms with Gasteiger partial charge in [0.2, 0.25) is 0 Å². The molecule has 6 nitrogen and oxygen atoms in total. The lowest BCUT2D eigenvalue weighted by Crippen LogP contribution is -2.44. The average Bonchev–Trinajstić information content (AvgIpc) is 2.88. The Morgan fingerprint density at radius 3 is 2.83 bits per heavy atom. The van der Waals surface area contributed by atoms with E-state index in [1.807, 2.05) is 22.6 Å². The first-order valence-electron chi connectivity index (χ1n) is 7.61. The van der Waals surface area contributed by atoms with Crippen LogP contribution in [0.5, 0.6) is 5.75 Å². The van der Waals surface area contributed by atoms with E-state index < -0.39 is 11.9 Å². The zero-order valence-electron chi connectivity index (χ0n) is 12.6. The zero-order chi connectivity index (χ0) is 16.2. The van der Waals surface area contributed by atoms with Gasteiger partial charge in [0.25, 0.3) is 0 Å². The maximum Gasteiger partial charge on any atom is 0.415 e. The Morgan fingerprint density at radius 2 is 2.17 bits per heavy atom. The van der Waals surface area contributed by atoms with E-state index in [1.165, 1.54) is 11.0 Å². The summed E-state index contributed by atoms with van der Waals surface area (Å²) in [5.74, 6) is -0.255. The van der Waals surface area contributed by atoms with Crippen LogP contribution in [0.2, 0.25) is 0 Å². The van der Waals surface area contributed by atoms with Crippen molar-refractivity contribution in [1.29, 1.82) is 0 Å². The molecule has 1 atom stereocenters. The quantitative estimate of drug-likeness (QED) is 0.565. The zero-order valence-corrected chi connectivity index (χ0v) is 14.8. The number of carbonyl (C=O) groups is 1. The molecule has 3 rings (SSSR count). The molecule has 0 aromatic heterocycles. The third-order valence-corrected chi connectivity index (χ3v) is 4.53. The molecule has 2 heterocycles. The van der Waals surface area contributed by atoms with Gasteiger partial charge in [0.15, 0.2) is 15.7 Å². The molecule has 2 saturated heterocycles. The van der Waals surface area contributed by atoms with Gasteiger partial charge in [-0.15, -0.1) is 0 Å². The van der Waals surface area contributed by atoms with Crippen LogP contribution in [-0.4, -0.2) is 61.0 Å². The van der Waals surface area contributed by atoms with Crippen molar-refractivity contribution in [3.63, 3.8) is 0 Å². The Hall–Kier alpha value is -1.13. The number of carbonyl (C=O) groups excluding carboxylic acids is 1. The number of alkyl halides is 1. The van der Waals surface area contributed by atoms with Gasteiger partial charge in [0.05, 0.1) is 12.2 Å². The lowest BCUT2D eigenvalue weighted by Gasteiger charge is -2.27. The van der Waals surface area contributed by atoms with Crippen molar-refractivity contribution in [2.24, 2.45) is 0 Å². The van der Waals surface area contributed by atoms with Crippen LogP contribution in [0.3, 0.4) is 0 Å². The van der Waals surface area contributed by atoms with Crippen molar-refractivity contribution in [3.8, 4) is 5.75 Å². The van der Waals surface area contributed by atoms with Crippen molar-refractivity contribution >= 4 is 34.4 Å². The van der Waals surface area contributed by atoms with Gasteiger partial charge in [-0.2, -0.15) is 0 Å². The summed E-state index contributed by atoms with van der Waals surface area (Å²) in [5.41, 5.74) is 0.487. The SMILES string of the molecule is O=C1O[C@@H](I)CN1c1ccc(OCCN2CCNCC2)c(F)c1. The van der Waals surface area contributed by atoms with E-state index in [4.69, 9.17) is 9.47 Å². The molecule has 0 spiro atoms. The molecule has 1 amide bonds. The minimum Gasteiger partial charge on any atom is -0.489 e. The molecule has 0 bridgehead atoms. The molecule has 8 heteroatoms. The number of anilines is 1. The molecular weight excluding hydrogens is 416 g/mol. The number of hydrogen-bond donors (Lipinski definition) is 1. The third-order valence-electron chi connectivity index (χ3n) is 3.88. The van der Waals surface area contributed by atoms with Crippen LogP contribution in [0, 0.1) is 5.82 Å². The van der Waals surface area contributed by atoms with Crippen LogP contribution in [0.4, 0.5) is 14.9 Å². The summed E-state index contributed by atoms with van der Waals surface area (Å²) < 4.78 is 24.5. The summed E-state index contributed by atoms with van der Waals surface area (Å²) in [6.07, 6.45) is -0.448. The number of piperazine rings is 1. The van der Waals surface area contributed by atoms with Crippen LogP contribution in [-0.2, 0) is 4.74 Å². The molecule has 1 N–H and O–H groups in total. The van der Waals surface area contributed by atoms with E-state index >= 15 is 0 Å². The van der Waals surface area contributed by atoms with Gasteiger partial charge < -0.3 is 14.8 Å². The largest absolute Gasteiger partial charge is 0.489 e. The van der Waals surface area contributed by atoms with E-state index in [-0.39, 0.29) is 9.86 Å². The molecular formula is C15H19FIN3O3. The molecule has 126 valence electrons. The molecule has 0 aliphatic carbocycles. The summed E-state index contributed by atoms with van der Waals surface area (Å²) >= 11 is 2.03. The Balaban J connectivity index is 1.55. The maximum absolute atomic E-state index is 14.2. The van der Waals surface area contributed by atoms with Gasteiger partial charge in [-0.05, 0) is 34.7 Å². The van der Waals surface area contributed by atoms with E-state index in [0.717, 1.165) is 32.7 Å². The van der Waals surface area contributed by atoms with Crippen molar-refractivity contribution in [2.45, 2.75) is 4.11 Å². The Morgan fingerprint density at radius 1 is 1.39 bits per heavy atom. The Bertz CT molecular complexity index is 569. The molecule has 0 saturated carbocycles. The number of halogens is 2. The number of hydrogen-bond acceptors (Lipinski definition) is 5. The number of benzene rings is 1. The minimum atomic E-state index is -0.465. The summed E-state index contributed by atoms with van der Waals surface area (Å²) in [4.78, 5) is 15.4. The fourth-order valence-corrected chi connectivity index (χ4v) is 3.24. The summed E-state index contributed by atoms with van der Waals surface area (Å²) in [6.45, 7) is 5.57. The summed E-state index contributed by atoms with van der Waals surface area (Å²) in [6, 6.07) is 4.56. The minimum absolute atomic E-state index is 0.210. The first kappa shape index (κ1) is 16.7. The maximum atomic E-state index is 14.2. The highest BCUT2D eigenvalue weighted by atomic mass is 127. The molecule has 2 fully saturated rings.